The molecule has 0 aliphatic heterocycles. The van der Waals surface area contributed by atoms with E-state index in [-0.39, 0.29) is 5.78 Å². The van der Waals surface area contributed by atoms with Gasteiger partial charge in [0.05, 0.1) is 7.11 Å². The Labute approximate surface area is 110 Å². The number of para-hydroxylation sites is 1. The molecule has 0 atom stereocenters. The fourth-order valence-electron chi connectivity index (χ4n) is 2.77. The molecule has 0 radical (unpaired) electrons. The summed E-state index contributed by atoms with van der Waals surface area (Å²) in [6.45, 7) is 0. The van der Waals surface area contributed by atoms with Gasteiger partial charge in [0.1, 0.15) is 5.41 Å². The van der Waals surface area contributed by atoms with Crippen LogP contribution < -0.4 is 0 Å². The van der Waals surface area contributed by atoms with Crippen LogP contribution in [0.2, 0.25) is 0 Å². The van der Waals surface area contributed by atoms with Gasteiger partial charge >= 0.3 is 5.97 Å². The fourth-order valence-corrected chi connectivity index (χ4v) is 2.77. The Kier molecular flexibility index (Phi) is 2.66. The molecule has 1 N–H and O–H groups in total. The van der Waals surface area contributed by atoms with E-state index in [0.29, 0.717) is 18.4 Å². The summed E-state index contributed by atoms with van der Waals surface area (Å²) in [5.41, 5.74) is 0.533. The van der Waals surface area contributed by atoms with Crippen LogP contribution in [0.3, 0.4) is 0 Å². The van der Waals surface area contributed by atoms with Crippen molar-refractivity contribution in [3.05, 3.63) is 36.0 Å². The first-order valence-corrected chi connectivity index (χ1v) is 6.38. The molecule has 98 valence electrons. The summed E-state index contributed by atoms with van der Waals surface area (Å²) in [6.07, 6.45) is 3.75. The van der Waals surface area contributed by atoms with Gasteiger partial charge in [0.2, 0.25) is 0 Å². The van der Waals surface area contributed by atoms with E-state index in [1.54, 1.807) is 6.20 Å². The number of rotatable bonds is 3. The Morgan fingerprint density at radius 1 is 1.26 bits per heavy atom. The molecule has 1 saturated carbocycles. The molecule has 19 heavy (non-hydrogen) atoms. The van der Waals surface area contributed by atoms with Gasteiger partial charge in [-0.05, 0) is 18.9 Å². The van der Waals surface area contributed by atoms with Crippen LogP contribution in [0.25, 0.3) is 10.9 Å². The van der Waals surface area contributed by atoms with Crippen LogP contribution in [0.15, 0.2) is 30.5 Å². The molecule has 1 aliphatic carbocycles. The van der Waals surface area contributed by atoms with Gasteiger partial charge in [-0.15, -0.1) is 0 Å². The van der Waals surface area contributed by atoms with Gasteiger partial charge in [0, 0.05) is 22.7 Å². The number of H-pyrrole nitrogens is 1. The maximum atomic E-state index is 12.7. The quantitative estimate of drug-likeness (QED) is 0.522. The zero-order valence-electron chi connectivity index (χ0n) is 10.7. The zero-order chi connectivity index (χ0) is 13.5. The highest BCUT2D eigenvalue weighted by atomic mass is 16.5. The smallest absolute Gasteiger partial charge is 0.319 e. The second kappa shape index (κ2) is 4.23. The minimum absolute atomic E-state index is 0.122. The molecule has 1 fully saturated rings. The summed E-state index contributed by atoms with van der Waals surface area (Å²) in [6, 6.07) is 7.60. The van der Waals surface area contributed by atoms with Crippen LogP contribution in [0, 0.1) is 5.41 Å². The van der Waals surface area contributed by atoms with Crippen molar-refractivity contribution in [1.29, 1.82) is 0 Å². The van der Waals surface area contributed by atoms with E-state index in [0.717, 1.165) is 17.3 Å². The number of hydrogen-bond acceptors (Lipinski definition) is 3. The number of aromatic nitrogens is 1. The number of fused-ring (bicyclic) bond motifs is 1. The van der Waals surface area contributed by atoms with E-state index in [4.69, 9.17) is 4.74 Å². The normalized spacial score (nSPS) is 16.9. The van der Waals surface area contributed by atoms with Crippen molar-refractivity contribution < 1.29 is 14.3 Å². The lowest BCUT2D eigenvalue weighted by atomic mass is 9.64. The van der Waals surface area contributed by atoms with Crippen molar-refractivity contribution in [3.8, 4) is 0 Å². The Morgan fingerprint density at radius 3 is 2.63 bits per heavy atom. The van der Waals surface area contributed by atoms with Crippen molar-refractivity contribution in [2.24, 2.45) is 5.41 Å². The standard InChI is InChI=1S/C15H15NO3/c1-19-14(18)15(7-4-8-15)13(17)11-9-16-12-6-3-2-5-10(11)12/h2-3,5-6,9,16H,4,7-8H2,1H3. The maximum Gasteiger partial charge on any atom is 0.319 e. The molecule has 1 heterocycles. The Bertz CT molecular complexity index is 652. The third kappa shape index (κ3) is 1.59. The SMILES string of the molecule is COC(=O)C1(C(=O)c2c[nH]c3ccccc23)CCC1. The number of Topliss-reactive ketones (excluding diaryl/α,β-unsaturated/α-hetero) is 1. The van der Waals surface area contributed by atoms with E-state index in [2.05, 4.69) is 4.98 Å². The second-order valence-electron chi connectivity index (χ2n) is 5.00. The number of methoxy groups -OCH3 is 1. The molecule has 1 aliphatic rings. The number of carbonyl (C=O) groups excluding carboxylic acids is 2. The third-order valence-corrected chi connectivity index (χ3v) is 4.05. The van der Waals surface area contributed by atoms with Gasteiger partial charge in [-0.3, -0.25) is 9.59 Å². The molecule has 1 aromatic carbocycles. The van der Waals surface area contributed by atoms with E-state index >= 15 is 0 Å². The van der Waals surface area contributed by atoms with Gasteiger partial charge in [-0.2, -0.15) is 0 Å². The monoisotopic (exact) mass is 257 g/mol. The summed E-state index contributed by atoms with van der Waals surface area (Å²) in [4.78, 5) is 27.7. The Balaban J connectivity index is 2.06. The molecule has 4 heteroatoms. The average molecular weight is 257 g/mol. The Morgan fingerprint density at radius 2 is 2.00 bits per heavy atom. The van der Waals surface area contributed by atoms with Crippen molar-refractivity contribution in [2.45, 2.75) is 19.3 Å². The highest BCUT2D eigenvalue weighted by molar-refractivity contribution is 6.18. The number of ether oxygens (including phenoxy) is 1. The van der Waals surface area contributed by atoms with Crippen molar-refractivity contribution >= 4 is 22.7 Å². The van der Waals surface area contributed by atoms with Crippen LogP contribution in [0.5, 0.6) is 0 Å². The number of aromatic amines is 1. The van der Waals surface area contributed by atoms with Crippen LogP contribution in [0.4, 0.5) is 0 Å². The lowest BCUT2D eigenvalue weighted by Crippen LogP contribution is -2.45. The van der Waals surface area contributed by atoms with Crippen LogP contribution in [0.1, 0.15) is 29.6 Å². The van der Waals surface area contributed by atoms with Gasteiger partial charge in [-0.25, -0.2) is 0 Å². The van der Waals surface area contributed by atoms with Crippen LogP contribution in [-0.2, 0) is 9.53 Å². The molecule has 0 unspecified atom stereocenters. The highest BCUT2D eigenvalue weighted by Gasteiger charge is 2.52. The molecule has 0 saturated heterocycles. The predicted molar refractivity (Wildman–Crippen MR) is 70.9 cm³/mol. The largest absolute Gasteiger partial charge is 0.468 e. The molecule has 1 aromatic heterocycles. The number of carbonyl (C=O) groups is 2. The number of hydrogen-bond donors (Lipinski definition) is 1. The molecule has 2 aromatic rings. The summed E-state index contributed by atoms with van der Waals surface area (Å²) in [5.74, 6) is -0.530. The van der Waals surface area contributed by atoms with Crippen molar-refractivity contribution in [3.63, 3.8) is 0 Å². The van der Waals surface area contributed by atoms with E-state index in [1.165, 1.54) is 7.11 Å². The molecular formula is C15H15NO3. The second-order valence-corrected chi connectivity index (χ2v) is 5.00. The topological polar surface area (TPSA) is 59.2 Å². The minimum Gasteiger partial charge on any atom is -0.468 e. The van der Waals surface area contributed by atoms with Crippen molar-refractivity contribution in [1.82, 2.24) is 4.98 Å². The number of nitrogens with one attached hydrogen (secondary N) is 1. The molecule has 0 spiro atoms. The van der Waals surface area contributed by atoms with Gasteiger partial charge in [0.25, 0.3) is 0 Å². The average Bonchev–Trinajstić information content (AvgIpc) is 2.80. The van der Waals surface area contributed by atoms with Crippen molar-refractivity contribution in [2.75, 3.05) is 7.11 Å². The predicted octanol–water partition coefficient (Wildman–Crippen LogP) is 2.69. The lowest BCUT2D eigenvalue weighted by molar-refractivity contribution is -0.153. The first-order chi connectivity index (χ1) is 9.19. The fraction of sp³-hybridized carbons (Fsp3) is 0.333. The summed E-state index contributed by atoms with van der Waals surface area (Å²) < 4.78 is 4.82. The van der Waals surface area contributed by atoms with E-state index in [1.807, 2.05) is 24.3 Å². The summed E-state index contributed by atoms with van der Waals surface area (Å²) >= 11 is 0. The first kappa shape index (κ1) is 12.0. The van der Waals surface area contributed by atoms with E-state index < -0.39 is 11.4 Å². The highest BCUT2D eigenvalue weighted by Crippen LogP contribution is 2.45. The van der Waals surface area contributed by atoms with E-state index in [9.17, 15) is 9.59 Å². The zero-order valence-corrected chi connectivity index (χ0v) is 10.7. The molecule has 4 nitrogen and oxygen atoms in total. The van der Waals surface area contributed by atoms with Crippen LogP contribution >= 0.6 is 0 Å². The Hall–Kier alpha value is -2.10. The maximum absolute atomic E-state index is 12.7. The molecule has 0 bridgehead atoms. The van der Waals surface area contributed by atoms with Crippen LogP contribution in [-0.4, -0.2) is 23.8 Å². The molecule has 0 amide bonds. The number of benzene rings is 1. The van der Waals surface area contributed by atoms with Gasteiger partial charge < -0.3 is 9.72 Å². The molecule has 3 rings (SSSR count). The number of ketones is 1. The van der Waals surface area contributed by atoms with Gasteiger partial charge in [0.15, 0.2) is 5.78 Å². The minimum atomic E-state index is -0.959. The molecular weight excluding hydrogens is 242 g/mol. The van der Waals surface area contributed by atoms with Gasteiger partial charge in [-0.1, -0.05) is 24.6 Å². The summed E-state index contributed by atoms with van der Waals surface area (Å²) in [7, 11) is 1.34. The first-order valence-electron chi connectivity index (χ1n) is 6.38. The number of esters is 1. The summed E-state index contributed by atoms with van der Waals surface area (Å²) in [5, 5.41) is 0.864. The third-order valence-electron chi connectivity index (χ3n) is 4.05. The lowest BCUT2D eigenvalue weighted by Gasteiger charge is -2.37.